The number of nitrogens with one attached hydrogen (secondary N) is 3. The molecule has 2 rings (SSSR count). The van der Waals surface area contributed by atoms with E-state index in [4.69, 9.17) is 0 Å². The lowest BCUT2D eigenvalue weighted by molar-refractivity contribution is 0.231. The molecule has 0 aromatic rings. The van der Waals surface area contributed by atoms with Gasteiger partial charge < -0.3 is 16.0 Å². The zero-order chi connectivity index (χ0) is 8.01. The molecule has 2 saturated heterocycles. The molecule has 2 atom stereocenters. The minimum Gasteiger partial charge on any atom is -0.314 e. The smallest absolute Gasteiger partial charge is 0.314 e. The molecule has 4 amide bonds. The van der Waals surface area contributed by atoms with E-state index in [1.54, 1.807) is 0 Å². The fraction of sp³-hybridized carbons (Fsp3) is 0.500. The number of hydrogen-bond acceptors (Lipinski definition) is 2. The van der Waals surface area contributed by atoms with Crippen molar-refractivity contribution < 1.29 is 9.59 Å². The highest BCUT2D eigenvalue weighted by atomic mass is 127. The van der Waals surface area contributed by atoms with Crippen LogP contribution in [0.15, 0.2) is 0 Å². The molecule has 6 nitrogen and oxygen atoms in total. The van der Waals surface area contributed by atoms with E-state index in [0.29, 0.717) is 0 Å². The monoisotopic (exact) mass is 268 g/mol. The molecule has 0 aliphatic carbocycles. The summed E-state index contributed by atoms with van der Waals surface area (Å²) >= 11 is 1.85. The zero-order valence-electron chi connectivity index (χ0n) is 5.30. The van der Waals surface area contributed by atoms with Crippen molar-refractivity contribution in [2.75, 3.05) is 0 Å². The van der Waals surface area contributed by atoms with Gasteiger partial charge in [0.2, 0.25) is 0 Å². The third-order valence-corrected chi connectivity index (χ3v) is 2.64. The van der Waals surface area contributed by atoms with Gasteiger partial charge >= 0.3 is 12.1 Å². The number of carbonyl (C=O) groups excluding carboxylic acids is 2. The fourth-order valence-corrected chi connectivity index (χ4v) is 1.70. The first-order chi connectivity index (χ1) is 5.18. The molecule has 2 unspecified atom stereocenters. The van der Waals surface area contributed by atoms with E-state index >= 15 is 0 Å². The van der Waals surface area contributed by atoms with Crippen LogP contribution in [0.1, 0.15) is 0 Å². The van der Waals surface area contributed by atoms with Gasteiger partial charge in [0.1, 0.15) is 6.17 Å². The van der Waals surface area contributed by atoms with Crippen molar-refractivity contribution in [2.24, 2.45) is 0 Å². The maximum atomic E-state index is 10.9. The molecule has 60 valence electrons. The van der Waals surface area contributed by atoms with Gasteiger partial charge in [0.25, 0.3) is 0 Å². The van der Waals surface area contributed by atoms with Crippen molar-refractivity contribution in [1.82, 2.24) is 19.1 Å². The van der Waals surface area contributed by atoms with Crippen LogP contribution in [0.2, 0.25) is 0 Å². The van der Waals surface area contributed by atoms with Crippen LogP contribution in [0.4, 0.5) is 9.59 Å². The molecule has 2 fully saturated rings. The predicted octanol–water partition coefficient (Wildman–Crippen LogP) is -0.673. The van der Waals surface area contributed by atoms with Crippen LogP contribution in [0.3, 0.4) is 0 Å². The fourth-order valence-electron chi connectivity index (χ4n) is 1.10. The van der Waals surface area contributed by atoms with Crippen LogP contribution in [-0.4, -0.2) is 27.5 Å². The van der Waals surface area contributed by atoms with E-state index < -0.39 is 0 Å². The predicted molar refractivity (Wildman–Crippen MR) is 43.6 cm³/mol. The molecule has 2 aliphatic heterocycles. The number of carbonyl (C=O) groups is 2. The van der Waals surface area contributed by atoms with Crippen LogP contribution in [0.5, 0.6) is 0 Å². The molecule has 0 bridgehead atoms. The number of urea groups is 2. The lowest BCUT2D eigenvalue weighted by Crippen LogP contribution is -2.39. The standard InChI is InChI=1S/C4H5IN4O2/c5-9-2-1(7-4(9)11)6-3(10)8-2/h1-2H,(H,7,11)(H2,6,8,10). The number of nitrogens with zero attached hydrogens (tertiary/aromatic N) is 1. The number of hydrogen-bond donors (Lipinski definition) is 3. The first-order valence-corrected chi connectivity index (χ1v) is 3.97. The summed E-state index contributed by atoms with van der Waals surface area (Å²) in [5.41, 5.74) is 0. The van der Waals surface area contributed by atoms with Crippen LogP contribution in [0, 0.1) is 0 Å². The molecule has 0 aromatic carbocycles. The summed E-state index contributed by atoms with van der Waals surface area (Å²) in [4.78, 5) is 21.6. The molecule has 11 heavy (non-hydrogen) atoms. The lowest BCUT2D eigenvalue weighted by Gasteiger charge is -2.11. The van der Waals surface area contributed by atoms with Crippen LogP contribution >= 0.6 is 22.9 Å². The molecule has 7 heteroatoms. The van der Waals surface area contributed by atoms with Crippen molar-refractivity contribution >= 4 is 34.9 Å². The molecule has 3 N–H and O–H groups in total. The Balaban J connectivity index is 2.19. The Kier molecular flexibility index (Phi) is 1.34. The van der Waals surface area contributed by atoms with Crippen molar-refractivity contribution in [3.8, 4) is 0 Å². The second-order valence-electron chi connectivity index (χ2n) is 2.30. The summed E-state index contributed by atoms with van der Waals surface area (Å²) in [5.74, 6) is 0. The van der Waals surface area contributed by atoms with E-state index in [9.17, 15) is 9.59 Å². The second-order valence-corrected chi connectivity index (χ2v) is 3.34. The molecular weight excluding hydrogens is 263 g/mol. The maximum absolute atomic E-state index is 10.9. The SMILES string of the molecule is O=C1NC2NC(=O)N(I)C2N1. The molecular formula is C4H5IN4O2. The van der Waals surface area contributed by atoms with Gasteiger partial charge in [0.05, 0.1) is 22.9 Å². The van der Waals surface area contributed by atoms with Gasteiger partial charge in [-0.15, -0.1) is 0 Å². The number of halogens is 1. The summed E-state index contributed by atoms with van der Waals surface area (Å²) in [6.45, 7) is 0. The Labute approximate surface area is 76.2 Å². The quantitative estimate of drug-likeness (QED) is 0.402. The second kappa shape index (κ2) is 2.13. The lowest BCUT2D eigenvalue weighted by atomic mass is 10.4. The Morgan fingerprint density at radius 3 is 2.64 bits per heavy atom. The van der Waals surface area contributed by atoms with Crippen LogP contribution in [-0.2, 0) is 0 Å². The average molecular weight is 268 g/mol. The first kappa shape index (κ1) is 6.95. The topological polar surface area (TPSA) is 73.5 Å². The molecule has 0 radical (unpaired) electrons. The van der Waals surface area contributed by atoms with Crippen molar-refractivity contribution in [1.29, 1.82) is 0 Å². The van der Waals surface area contributed by atoms with Crippen LogP contribution in [0.25, 0.3) is 0 Å². The van der Waals surface area contributed by atoms with Gasteiger partial charge in [-0.1, -0.05) is 0 Å². The Bertz CT molecular complexity index is 232. The highest BCUT2D eigenvalue weighted by Crippen LogP contribution is 2.17. The summed E-state index contributed by atoms with van der Waals surface area (Å²) in [5, 5.41) is 7.71. The molecule has 0 spiro atoms. The van der Waals surface area contributed by atoms with E-state index in [0.717, 1.165) is 0 Å². The normalized spacial score (nSPS) is 34.5. The minimum absolute atomic E-state index is 0.187. The Hall–Kier alpha value is -0.730. The number of amides is 4. The zero-order valence-corrected chi connectivity index (χ0v) is 7.45. The first-order valence-electron chi connectivity index (χ1n) is 3.01. The molecule has 0 saturated carbocycles. The van der Waals surface area contributed by atoms with E-state index in [-0.39, 0.29) is 24.4 Å². The molecule has 2 aliphatic rings. The Morgan fingerprint density at radius 1 is 1.27 bits per heavy atom. The maximum Gasteiger partial charge on any atom is 0.329 e. The summed E-state index contributed by atoms with van der Waals surface area (Å²) in [7, 11) is 0. The van der Waals surface area contributed by atoms with Gasteiger partial charge in [0, 0.05) is 0 Å². The van der Waals surface area contributed by atoms with Gasteiger partial charge in [-0.25, -0.2) is 12.7 Å². The minimum atomic E-state index is -0.285. The van der Waals surface area contributed by atoms with E-state index in [1.165, 1.54) is 3.11 Å². The third kappa shape index (κ3) is 0.905. The van der Waals surface area contributed by atoms with Gasteiger partial charge in [-0.3, -0.25) is 0 Å². The summed E-state index contributed by atoms with van der Waals surface area (Å²) in [6.07, 6.45) is -0.539. The van der Waals surface area contributed by atoms with E-state index in [1.807, 2.05) is 22.9 Å². The van der Waals surface area contributed by atoms with Crippen molar-refractivity contribution in [2.45, 2.75) is 12.3 Å². The van der Waals surface area contributed by atoms with Crippen molar-refractivity contribution in [3.05, 3.63) is 0 Å². The largest absolute Gasteiger partial charge is 0.329 e. The summed E-state index contributed by atoms with van der Waals surface area (Å²) in [6, 6.07) is -0.435. The molecule has 0 aromatic heterocycles. The van der Waals surface area contributed by atoms with Gasteiger partial charge in [-0.2, -0.15) is 0 Å². The third-order valence-electron chi connectivity index (χ3n) is 1.60. The number of rotatable bonds is 0. The van der Waals surface area contributed by atoms with Crippen LogP contribution < -0.4 is 16.0 Å². The van der Waals surface area contributed by atoms with Gasteiger partial charge in [0.15, 0.2) is 6.17 Å². The summed E-state index contributed by atoms with van der Waals surface area (Å²) < 4.78 is 1.42. The van der Waals surface area contributed by atoms with E-state index in [2.05, 4.69) is 16.0 Å². The van der Waals surface area contributed by atoms with Gasteiger partial charge in [-0.05, 0) is 0 Å². The van der Waals surface area contributed by atoms with Crippen molar-refractivity contribution in [3.63, 3.8) is 0 Å². The Morgan fingerprint density at radius 2 is 2.00 bits per heavy atom. The molecule has 2 heterocycles. The number of fused-ring (bicyclic) bond motifs is 1. The highest BCUT2D eigenvalue weighted by Gasteiger charge is 2.44. The average Bonchev–Trinajstić information content (AvgIpc) is 2.37. The highest BCUT2D eigenvalue weighted by molar-refractivity contribution is 14.1.